The molecule has 0 aliphatic carbocycles. The summed E-state index contributed by atoms with van der Waals surface area (Å²) in [5.41, 5.74) is -3.39. The van der Waals surface area contributed by atoms with Crippen molar-refractivity contribution in [1.29, 1.82) is 0 Å². The van der Waals surface area contributed by atoms with E-state index in [4.69, 9.17) is 4.74 Å². The smallest absolute Gasteiger partial charge is 0.418 e. The summed E-state index contributed by atoms with van der Waals surface area (Å²) in [6.45, 7) is 4.79. The summed E-state index contributed by atoms with van der Waals surface area (Å²) in [4.78, 5) is 25.8. The number of rotatable bonds is 4. The van der Waals surface area contributed by atoms with Gasteiger partial charge in [-0.1, -0.05) is 25.1 Å². The van der Waals surface area contributed by atoms with Crippen LogP contribution in [0.1, 0.15) is 37.8 Å². The van der Waals surface area contributed by atoms with Gasteiger partial charge in [-0.25, -0.2) is 13.6 Å². The summed E-state index contributed by atoms with van der Waals surface area (Å²) >= 11 is 0. The fourth-order valence-electron chi connectivity index (χ4n) is 5.41. The van der Waals surface area contributed by atoms with E-state index in [2.05, 4.69) is 10.3 Å². The van der Waals surface area contributed by atoms with Crippen molar-refractivity contribution in [3.8, 4) is 11.1 Å². The van der Waals surface area contributed by atoms with E-state index in [9.17, 15) is 28.1 Å². The van der Waals surface area contributed by atoms with Gasteiger partial charge >= 0.3 is 12.3 Å². The molecule has 4 aromatic rings. The molecule has 2 atom stereocenters. The number of nitro benzene ring substituents is 1. The number of alkyl halides is 3. The quantitative estimate of drug-likeness (QED) is 0.130. The molecule has 13 heteroatoms. The van der Waals surface area contributed by atoms with Crippen molar-refractivity contribution in [1.82, 2.24) is 4.98 Å². The van der Waals surface area contributed by atoms with Gasteiger partial charge in [0.1, 0.15) is 17.7 Å². The highest BCUT2D eigenvalue weighted by atomic mass is 19.4. The molecule has 1 amide bonds. The summed E-state index contributed by atoms with van der Waals surface area (Å²) < 4.78 is 77.8. The number of amides is 1. The Morgan fingerprint density at radius 3 is 2.54 bits per heavy atom. The zero-order valence-corrected chi connectivity index (χ0v) is 21.8. The lowest BCUT2D eigenvalue weighted by atomic mass is 9.77. The number of ether oxygens (including phenoxy) is 1. The van der Waals surface area contributed by atoms with Gasteiger partial charge in [0, 0.05) is 41.1 Å². The number of hydrogen-bond acceptors (Lipinski definition) is 5. The molecule has 214 valence electrons. The van der Waals surface area contributed by atoms with E-state index in [0.29, 0.717) is 11.6 Å². The lowest BCUT2D eigenvalue weighted by Crippen LogP contribution is -2.52. The summed E-state index contributed by atoms with van der Waals surface area (Å²) in [6, 6.07) is 9.81. The number of nitro groups is 1. The van der Waals surface area contributed by atoms with Crippen LogP contribution in [-0.2, 0) is 10.9 Å². The lowest BCUT2D eigenvalue weighted by molar-refractivity contribution is -0.385. The van der Waals surface area contributed by atoms with Crippen LogP contribution in [0, 0.1) is 21.7 Å². The van der Waals surface area contributed by atoms with Crippen LogP contribution in [-0.4, -0.2) is 27.6 Å². The Bertz CT molecular complexity index is 1700. The van der Waals surface area contributed by atoms with Gasteiger partial charge in [-0.15, -0.1) is 0 Å². The maximum absolute atomic E-state index is 16.2. The van der Waals surface area contributed by atoms with Crippen LogP contribution in [0.15, 0.2) is 54.7 Å². The Morgan fingerprint density at radius 2 is 1.85 bits per heavy atom. The normalized spacial score (nSPS) is 18.0. The Balaban J connectivity index is 1.49. The molecule has 3 aromatic carbocycles. The molecule has 1 aliphatic heterocycles. The molecule has 0 fully saturated rings. The van der Waals surface area contributed by atoms with E-state index in [0.717, 1.165) is 23.6 Å². The molecule has 0 radical (unpaired) electrons. The molecule has 1 aromatic heterocycles. The lowest BCUT2D eigenvalue weighted by Gasteiger charge is -2.44. The second-order valence-electron chi connectivity index (χ2n) is 10.3. The SMILES string of the molecule is CC1c2c(cc(F)c(-c3cccc4cc[nH]c34)c2F)NC(C)(C)C1OC(=O)Nc1ccc([N+](=O)[O-])cc1C(F)(F)F. The monoisotopic (exact) mass is 574 g/mol. The molecule has 0 bridgehead atoms. The van der Waals surface area contributed by atoms with Crippen molar-refractivity contribution >= 4 is 34.1 Å². The molecule has 5 rings (SSSR count). The average molecular weight is 575 g/mol. The van der Waals surface area contributed by atoms with Gasteiger partial charge in [-0.2, -0.15) is 13.2 Å². The minimum Gasteiger partial charge on any atom is -0.443 e. The largest absolute Gasteiger partial charge is 0.443 e. The van der Waals surface area contributed by atoms with E-state index < -0.39 is 63.3 Å². The topological polar surface area (TPSA) is 109 Å². The van der Waals surface area contributed by atoms with Crippen molar-refractivity contribution in [3.63, 3.8) is 0 Å². The number of anilines is 2. The number of halogens is 5. The zero-order valence-electron chi connectivity index (χ0n) is 21.8. The van der Waals surface area contributed by atoms with Gasteiger partial charge < -0.3 is 15.0 Å². The molecule has 41 heavy (non-hydrogen) atoms. The number of aromatic nitrogens is 1. The average Bonchev–Trinajstić information content (AvgIpc) is 3.35. The van der Waals surface area contributed by atoms with Gasteiger partial charge in [0.15, 0.2) is 0 Å². The fraction of sp³-hybridized carbons (Fsp3) is 0.250. The van der Waals surface area contributed by atoms with Crippen molar-refractivity contribution in [2.24, 2.45) is 0 Å². The van der Waals surface area contributed by atoms with Crippen LogP contribution in [0.2, 0.25) is 0 Å². The third kappa shape index (κ3) is 4.92. The van der Waals surface area contributed by atoms with Crippen LogP contribution in [0.25, 0.3) is 22.0 Å². The predicted octanol–water partition coefficient (Wildman–Crippen LogP) is 7.97. The Hall–Kier alpha value is -4.68. The van der Waals surface area contributed by atoms with Crippen LogP contribution in [0.4, 0.5) is 43.8 Å². The first-order chi connectivity index (χ1) is 19.2. The Kier molecular flexibility index (Phi) is 6.63. The molecule has 0 saturated heterocycles. The molecular formula is C28H23F5N4O4. The third-order valence-electron chi connectivity index (χ3n) is 7.18. The second-order valence-corrected chi connectivity index (χ2v) is 10.3. The van der Waals surface area contributed by atoms with Gasteiger partial charge in [-0.3, -0.25) is 15.4 Å². The van der Waals surface area contributed by atoms with Crippen LogP contribution < -0.4 is 10.6 Å². The van der Waals surface area contributed by atoms with Crippen molar-refractivity contribution in [3.05, 3.63) is 87.6 Å². The number of nitrogens with one attached hydrogen (secondary N) is 3. The van der Waals surface area contributed by atoms with Crippen molar-refractivity contribution in [2.75, 3.05) is 10.6 Å². The first-order valence-electron chi connectivity index (χ1n) is 12.4. The molecule has 3 N–H and O–H groups in total. The number of aromatic amines is 1. The number of H-pyrrole nitrogens is 1. The highest BCUT2D eigenvalue weighted by Gasteiger charge is 2.45. The maximum Gasteiger partial charge on any atom is 0.418 e. The van der Waals surface area contributed by atoms with E-state index in [1.54, 1.807) is 51.2 Å². The molecule has 2 heterocycles. The number of hydrogen-bond donors (Lipinski definition) is 3. The van der Waals surface area contributed by atoms with Gasteiger partial charge in [0.05, 0.1) is 32.8 Å². The number of nitrogens with zero attached hydrogens (tertiary/aromatic N) is 1. The number of benzene rings is 3. The fourth-order valence-corrected chi connectivity index (χ4v) is 5.41. The molecular weight excluding hydrogens is 551 g/mol. The van der Waals surface area contributed by atoms with Crippen LogP contribution in [0.5, 0.6) is 0 Å². The summed E-state index contributed by atoms with van der Waals surface area (Å²) in [7, 11) is 0. The minimum absolute atomic E-state index is 0.0356. The van der Waals surface area contributed by atoms with Gasteiger partial charge in [0.25, 0.3) is 5.69 Å². The highest BCUT2D eigenvalue weighted by molar-refractivity contribution is 5.95. The third-order valence-corrected chi connectivity index (χ3v) is 7.18. The Labute approximate surface area is 229 Å². The standard InChI is InChI=1S/C28H23F5N4O4/c1-13-21-20(12-18(29)22(23(21)30)16-6-4-5-14-9-10-34-24(14)16)36-27(2,3)25(13)41-26(38)35-19-8-7-15(37(39)40)11-17(19)28(31,32)33/h4-13,25,34,36H,1-3H3,(H,35,38). The van der Waals surface area contributed by atoms with E-state index in [1.165, 1.54) is 0 Å². The summed E-state index contributed by atoms with van der Waals surface area (Å²) in [6.07, 6.45) is -5.79. The molecule has 0 saturated carbocycles. The van der Waals surface area contributed by atoms with Gasteiger partial charge in [-0.05, 0) is 37.4 Å². The summed E-state index contributed by atoms with van der Waals surface area (Å²) in [5.74, 6) is -2.55. The number of carbonyl (C=O) groups excluding carboxylic acids is 1. The number of fused-ring (bicyclic) bond motifs is 2. The molecule has 8 nitrogen and oxygen atoms in total. The van der Waals surface area contributed by atoms with Gasteiger partial charge in [0.2, 0.25) is 0 Å². The first-order valence-corrected chi connectivity index (χ1v) is 12.4. The Morgan fingerprint density at radius 1 is 1.12 bits per heavy atom. The second kappa shape index (κ2) is 9.75. The predicted molar refractivity (Wildman–Crippen MR) is 142 cm³/mol. The maximum atomic E-state index is 16.2. The van der Waals surface area contributed by atoms with Crippen molar-refractivity contribution in [2.45, 2.75) is 44.5 Å². The highest BCUT2D eigenvalue weighted by Crippen LogP contribution is 2.46. The minimum atomic E-state index is -5.02. The number of para-hydroxylation sites is 1. The number of carbonyl (C=O) groups is 1. The van der Waals surface area contributed by atoms with E-state index in [-0.39, 0.29) is 22.4 Å². The van der Waals surface area contributed by atoms with E-state index in [1.807, 2.05) is 5.32 Å². The van der Waals surface area contributed by atoms with E-state index >= 15 is 8.78 Å². The molecule has 2 unspecified atom stereocenters. The zero-order chi connectivity index (χ0) is 29.9. The first kappa shape index (κ1) is 27.9. The molecule has 0 spiro atoms. The summed E-state index contributed by atoms with van der Waals surface area (Å²) in [5, 5.41) is 16.7. The number of non-ortho nitro benzene ring substituents is 1. The van der Waals surface area contributed by atoms with Crippen LogP contribution >= 0.6 is 0 Å². The molecule has 1 aliphatic rings. The van der Waals surface area contributed by atoms with Crippen LogP contribution in [0.3, 0.4) is 0 Å². The van der Waals surface area contributed by atoms with Crippen molar-refractivity contribution < 1.29 is 36.4 Å².